The third kappa shape index (κ3) is 3.33. The Balaban J connectivity index is 1.60. The van der Waals surface area contributed by atoms with Crippen molar-refractivity contribution >= 4 is 45.6 Å². The van der Waals surface area contributed by atoms with E-state index in [1.165, 1.54) is 0 Å². The van der Waals surface area contributed by atoms with Crippen LogP contribution in [0.5, 0.6) is 0 Å². The molecule has 2 aromatic carbocycles. The number of fused-ring (bicyclic) bond motifs is 3. The lowest BCUT2D eigenvalue weighted by Crippen LogP contribution is -2.13. The molecule has 3 aromatic heterocycles. The second-order valence-corrected chi connectivity index (χ2v) is 7.80. The molecule has 154 valence electrons. The topological polar surface area (TPSA) is 62.5 Å². The van der Waals surface area contributed by atoms with Crippen molar-refractivity contribution in [1.82, 2.24) is 24.6 Å². The third-order valence-electron chi connectivity index (χ3n) is 5.29. The van der Waals surface area contributed by atoms with Gasteiger partial charge in [0.15, 0.2) is 0 Å². The molecule has 7 nitrogen and oxygen atoms in total. The highest BCUT2D eigenvalue weighted by molar-refractivity contribution is 6.29. The van der Waals surface area contributed by atoms with Crippen LogP contribution in [0.25, 0.3) is 27.8 Å². The van der Waals surface area contributed by atoms with Crippen molar-refractivity contribution in [2.45, 2.75) is 0 Å². The fourth-order valence-electron chi connectivity index (χ4n) is 3.64. The highest BCUT2D eigenvalue weighted by Gasteiger charge is 2.16. The molecule has 0 unspecified atom stereocenters. The smallest absolute Gasteiger partial charge is 0.258 e. The number of pyridine rings is 1. The number of para-hydroxylation sites is 1. The van der Waals surface area contributed by atoms with Crippen molar-refractivity contribution < 1.29 is 0 Å². The van der Waals surface area contributed by atoms with Crippen molar-refractivity contribution in [2.24, 2.45) is 0 Å². The van der Waals surface area contributed by atoms with Crippen LogP contribution in [0.4, 0.5) is 17.3 Å². The Morgan fingerprint density at radius 3 is 2.48 bits per heavy atom. The molecule has 5 rings (SSSR count). The number of rotatable bonds is 4. The molecule has 3 heterocycles. The van der Waals surface area contributed by atoms with Gasteiger partial charge in [0, 0.05) is 44.0 Å². The predicted molar refractivity (Wildman–Crippen MR) is 125 cm³/mol. The first kappa shape index (κ1) is 19.3. The van der Waals surface area contributed by atoms with Crippen LogP contribution < -0.4 is 9.80 Å². The van der Waals surface area contributed by atoms with Crippen molar-refractivity contribution in [3.63, 3.8) is 0 Å². The molecule has 0 atom stereocenters. The van der Waals surface area contributed by atoms with E-state index in [9.17, 15) is 0 Å². The van der Waals surface area contributed by atoms with Gasteiger partial charge in [0.1, 0.15) is 11.6 Å². The molecule has 31 heavy (non-hydrogen) atoms. The lowest BCUT2D eigenvalue weighted by Gasteiger charge is -2.21. The molecule has 0 amide bonds. The zero-order valence-corrected chi connectivity index (χ0v) is 18.1. The first-order chi connectivity index (χ1) is 15.0. The fraction of sp³-hybridized carbons (Fsp3) is 0.130. The van der Waals surface area contributed by atoms with Gasteiger partial charge in [0.05, 0.1) is 5.52 Å². The molecule has 0 bridgehead atoms. The molecule has 0 radical (unpaired) electrons. The largest absolute Gasteiger partial charge is 0.363 e. The van der Waals surface area contributed by atoms with Gasteiger partial charge in [-0.1, -0.05) is 24.3 Å². The van der Waals surface area contributed by atoms with Crippen LogP contribution in [0.1, 0.15) is 0 Å². The summed E-state index contributed by atoms with van der Waals surface area (Å²) in [5.74, 6) is 2.17. The van der Waals surface area contributed by atoms with Crippen LogP contribution in [-0.4, -0.2) is 45.7 Å². The van der Waals surface area contributed by atoms with E-state index in [2.05, 4.69) is 44.3 Å². The van der Waals surface area contributed by atoms with E-state index in [4.69, 9.17) is 16.6 Å². The van der Waals surface area contributed by atoms with Gasteiger partial charge in [-0.25, -0.2) is 9.38 Å². The molecule has 0 fully saturated rings. The number of anilines is 3. The highest BCUT2D eigenvalue weighted by Crippen LogP contribution is 2.33. The van der Waals surface area contributed by atoms with E-state index >= 15 is 0 Å². The maximum atomic E-state index is 6.25. The number of hydrogen-bond acceptors (Lipinski definition) is 6. The van der Waals surface area contributed by atoms with Crippen molar-refractivity contribution in [1.29, 1.82) is 0 Å². The third-order valence-corrected chi connectivity index (χ3v) is 5.53. The van der Waals surface area contributed by atoms with Gasteiger partial charge in [-0.2, -0.15) is 4.98 Å². The predicted octanol–water partition coefficient (Wildman–Crippen LogP) is 4.83. The lowest BCUT2D eigenvalue weighted by atomic mass is 10.1. The van der Waals surface area contributed by atoms with Crippen LogP contribution in [0, 0.1) is 0 Å². The van der Waals surface area contributed by atoms with Crippen molar-refractivity contribution in [2.75, 3.05) is 30.9 Å². The number of halogens is 1. The fourth-order valence-corrected chi connectivity index (χ4v) is 3.85. The molecule has 8 heteroatoms. The van der Waals surface area contributed by atoms with Gasteiger partial charge in [-0.05, 0) is 53.6 Å². The Morgan fingerprint density at radius 1 is 0.871 bits per heavy atom. The maximum Gasteiger partial charge on any atom is 0.258 e. The number of benzene rings is 2. The number of aromatic nitrogens is 5. The summed E-state index contributed by atoms with van der Waals surface area (Å²) in [5.41, 5.74) is 4.04. The normalized spacial score (nSPS) is 11.2. The molecule has 0 aliphatic carbocycles. The molecular weight excluding hydrogens is 410 g/mol. The van der Waals surface area contributed by atoms with E-state index in [0.717, 1.165) is 39.4 Å². The van der Waals surface area contributed by atoms with E-state index in [1.54, 1.807) is 4.40 Å². The summed E-state index contributed by atoms with van der Waals surface area (Å²) < 4.78 is 1.75. The van der Waals surface area contributed by atoms with Gasteiger partial charge in [-0.3, -0.25) is 0 Å². The van der Waals surface area contributed by atoms with E-state index < -0.39 is 0 Å². The molecule has 0 saturated heterocycles. The Kier molecular flexibility index (Phi) is 4.67. The van der Waals surface area contributed by atoms with Gasteiger partial charge in [0.2, 0.25) is 5.28 Å². The van der Waals surface area contributed by atoms with Crippen LogP contribution in [0.3, 0.4) is 0 Å². The number of nitrogens with zero attached hydrogens (tertiary/aromatic N) is 7. The second kappa shape index (κ2) is 7.52. The standard InChI is InChI=1S/C23H20ClN7/c1-29(2)20-12-11-16(14-25-20)15-7-6-8-17(13-15)30(3)21-18-9-4-5-10-19(18)31-22(24)27-28-23(31)26-21/h4-14H,1-3H3. The second-order valence-electron chi connectivity index (χ2n) is 7.47. The Hall–Kier alpha value is -3.71. The van der Waals surface area contributed by atoms with Crippen LogP contribution in [-0.2, 0) is 0 Å². The Bertz CT molecular complexity index is 1390. The van der Waals surface area contributed by atoms with Crippen LogP contribution in [0.2, 0.25) is 5.28 Å². The molecular formula is C23H20ClN7. The van der Waals surface area contributed by atoms with E-state index in [-0.39, 0.29) is 0 Å². The SMILES string of the molecule is CN(C)c1ccc(-c2cccc(N(C)c3nc4nnc(Cl)n4c4ccccc34)c2)cn1. The molecule has 5 aromatic rings. The molecule has 0 saturated carbocycles. The first-order valence-corrected chi connectivity index (χ1v) is 10.2. The van der Waals surface area contributed by atoms with E-state index in [1.807, 2.05) is 68.6 Å². The maximum absolute atomic E-state index is 6.25. The van der Waals surface area contributed by atoms with Crippen molar-refractivity contribution in [3.05, 3.63) is 72.1 Å². The minimum Gasteiger partial charge on any atom is -0.363 e. The molecule has 0 aliphatic heterocycles. The average Bonchev–Trinajstić information content (AvgIpc) is 3.19. The van der Waals surface area contributed by atoms with E-state index in [0.29, 0.717) is 11.1 Å². The quantitative estimate of drug-likeness (QED) is 0.408. The van der Waals surface area contributed by atoms with Gasteiger partial charge >= 0.3 is 0 Å². The summed E-state index contributed by atoms with van der Waals surface area (Å²) >= 11 is 6.25. The molecule has 0 N–H and O–H groups in total. The van der Waals surface area contributed by atoms with Crippen molar-refractivity contribution in [3.8, 4) is 11.1 Å². The first-order valence-electron chi connectivity index (χ1n) is 9.80. The molecule has 0 aliphatic rings. The summed E-state index contributed by atoms with van der Waals surface area (Å²) in [4.78, 5) is 13.3. The minimum atomic E-state index is 0.295. The van der Waals surface area contributed by atoms with Gasteiger partial charge in [0.25, 0.3) is 5.78 Å². The monoisotopic (exact) mass is 429 g/mol. The lowest BCUT2D eigenvalue weighted by molar-refractivity contribution is 1.07. The molecule has 0 spiro atoms. The number of hydrogen-bond donors (Lipinski definition) is 0. The Labute approximate surface area is 184 Å². The Morgan fingerprint density at radius 2 is 1.71 bits per heavy atom. The summed E-state index contributed by atoms with van der Waals surface area (Å²) in [6.07, 6.45) is 1.90. The zero-order chi connectivity index (χ0) is 21.5. The van der Waals surface area contributed by atoms with Gasteiger partial charge < -0.3 is 9.80 Å². The van der Waals surface area contributed by atoms with Gasteiger partial charge in [-0.15, -0.1) is 10.2 Å². The minimum absolute atomic E-state index is 0.295. The van der Waals surface area contributed by atoms with Crippen LogP contribution in [0.15, 0.2) is 66.9 Å². The highest BCUT2D eigenvalue weighted by atomic mass is 35.5. The average molecular weight is 430 g/mol. The zero-order valence-electron chi connectivity index (χ0n) is 17.4. The summed E-state index contributed by atoms with van der Waals surface area (Å²) in [7, 11) is 5.96. The summed E-state index contributed by atoms with van der Waals surface area (Å²) in [6, 6.07) is 20.4. The van der Waals surface area contributed by atoms with Crippen LogP contribution >= 0.6 is 11.6 Å². The summed E-state index contributed by atoms with van der Waals surface area (Å²) in [6.45, 7) is 0. The summed E-state index contributed by atoms with van der Waals surface area (Å²) in [5, 5.41) is 9.36.